The fourth-order valence-electron chi connectivity index (χ4n) is 1.88. The molecule has 0 aliphatic heterocycles. The molecular weight excluding hydrogens is 352 g/mol. The van der Waals surface area contributed by atoms with Gasteiger partial charge in [0.1, 0.15) is 25.0 Å². The summed E-state index contributed by atoms with van der Waals surface area (Å²) in [4.78, 5) is 23.1. The standard InChI is InChI=1S/C11H24NO2.C9H20NO.3CH4/c1-11(2,3)10(14)7-9(13)8-12(4,5)6;1-9(2,3)8(11)7-10(4,5)6;;;/h9,13H,7-8H2,1-6H3;7H2,1-6H3;3*1H4/q2*+1;;;. The molecule has 0 fully saturated rings. The Hall–Kier alpha value is -0.780. The number of carbonyl (C=O) groups is 2. The first-order valence-corrected chi connectivity index (χ1v) is 9.01. The molecule has 1 unspecified atom stereocenters. The summed E-state index contributed by atoms with van der Waals surface area (Å²) < 4.78 is 1.40. The molecule has 5 heteroatoms. The van der Waals surface area contributed by atoms with Crippen molar-refractivity contribution in [1.29, 1.82) is 0 Å². The maximum atomic E-state index is 11.6. The summed E-state index contributed by atoms with van der Waals surface area (Å²) in [6, 6.07) is 0. The molecule has 0 saturated heterocycles. The second kappa shape index (κ2) is 13.4. The third-order valence-corrected chi connectivity index (χ3v) is 3.47. The smallest absolute Gasteiger partial charge is 0.192 e. The Morgan fingerprint density at radius 1 is 0.714 bits per heavy atom. The van der Waals surface area contributed by atoms with E-state index < -0.39 is 6.10 Å². The number of quaternary nitrogens is 2. The van der Waals surface area contributed by atoms with Gasteiger partial charge in [-0.1, -0.05) is 63.8 Å². The lowest BCUT2D eigenvalue weighted by molar-refractivity contribution is -0.873. The average Bonchev–Trinajstić information content (AvgIpc) is 2.21. The van der Waals surface area contributed by atoms with Crippen molar-refractivity contribution >= 4 is 11.6 Å². The summed E-state index contributed by atoms with van der Waals surface area (Å²) in [5, 5.41) is 9.68. The summed E-state index contributed by atoms with van der Waals surface area (Å²) >= 11 is 0. The van der Waals surface area contributed by atoms with Crippen molar-refractivity contribution in [3.63, 3.8) is 0 Å². The highest BCUT2D eigenvalue weighted by Gasteiger charge is 2.27. The molecule has 0 heterocycles. The average molecular weight is 409 g/mol. The third-order valence-electron chi connectivity index (χ3n) is 3.47. The van der Waals surface area contributed by atoms with E-state index in [-0.39, 0.29) is 45.3 Å². The molecule has 0 rings (SSSR count). The number of Topliss-reactive ketones (excluding diaryl/α,β-unsaturated/α-hetero) is 2. The van der Waals surface area contributed by atoms with Gasteiger partial charge in [-0.25, -0.2) is 0 Å². The van der Waals surface area contributed by atoms with E-state index in [9.17, 15) is 14.7 Å². The molecule has 0 bridgehead atoms. The van der Waals surface area contributed by atoms with Crippen LogP contribution in [0.2, 0.25) is 0 Å². The minimum Gasteiger partial charge on any atom is -0.387 e. The largest absolute Gasteiger partial charge is 0.387 e. The predicted molar refractivity (Wildman–Crippen MR) is 126 cm³/mol. The maximum Gasteiger partial charge on any atom is 0.192 e. The molecule has 0 aliphatic carbocycles. The van der Waals surface area contributed by atoms with Crippen LogP contribution in [0.1, 0.15) is 70.2 Å². The van der Waals surface area contributed by atoms with E-state index in [0.29, 0.717) is 23.4 Å². The molecule has 0 radical (unpaired) electrons. The highest BCUT2D eigenvalue weighted by molar-refractivity contribution is 5.84. The van der Waals surface area contributed by atoms with Crippen LogP contribution in [0.4, 0.5) is 0 Å². The van der Waals surface area contributed by atoms with Crippen molar-refractivity contribution in [2.45, 2.75) is 76.3 Å². The number of hydrogen-bond donors (Lipinski definition) is 1. The van der Waals surface area contributed by atoms with Crippen molar-refractivity contribution in [1.82, 2.24) is 0 Å². The van der Waals surface area contributed by atoms with Gasteiger partial charge >= 0.3 is 0 Å². The monoisotopic (exact) mass is 408 g/mol. The molecule has 0 aromatic rings. The fourth-order valence-corrected chi connectivity index (χ4v) is 1.88. The second-order valence-corrected chi connectivity index (χ2v) is 11.1. The summed E-state index contributed by atoms with van der Waals surface area (Å²) in [6.07, 6.45) is -0.263. The van der Waals surface area contributed by atoms with Gasteiger partial charge in [0.2, 0.25) is 0 Å². The first-order valence-electron chi connectivity index (χ1n) is 9.01. The van der Waals surface area contributed by atoms with Gasteiger partial charge in [0.05, 0.1) is 42.3 Å². The van der Waals surface area contributed by atoms with Crippen LogP contribution in [0.3, 0.4) is 0 Å². The summed E-state index contributed by atoms with van der Waals surface area (Å²) in [5.41, 5.74) is -0.530. The number of ketones is 2. The van der Waals surface area contributed by atoms with Gasteiger partial charge in [-0.05, 0) is 0 Å². The minimum atomic E-state index is -0.526. The Morgan fingerprint density at radius 2 is 1.04 bits per heavy atom. The minimum absolute atomic E-state index is 0. The van der Waals surface area contributed by atoms with Crippen molar-refractivity contribution < 1.29 is 23.7 Å². The van der Waals surface area contributed by atoms with E-state index in [4.69, 9.17) is 0 Å². The number of carbonyl (C=O) groups excluding carboxylic acids is 2. The zero-order chi connectivity index (χ0) is 20.9. The molecular formula is C23H56N2O3+2. The van der Waals surface area contributed by atoms with Crippen molar-refractivity contribution in [3.8, 4) is 0 Å². The molecule has 0 aromatic heterocycles. The van der Waals surface area contributed by atoms with Crippen LogP contribution < -0.4 is 0 Å². The lowest BCUT2D eigenvalue weighted by Gasteiger charge is -2.27. The van der Waals surface area contributed by atoms with E-state index in [1.54, 1.807) is 0 Å². The molecule has 1 atom stereocenters. The lowest BCUT2D eigenvalue weighted by Crippen LogP contribution is -2.43. The lowest BCUT2D eigenvalue weighted by atomic mass is 9.87. The zero-order valence-corrected chi connectivity index (χ0v) is 18.9. The van der Waals surface area contributed by atoms with Crippen LogP contribution in [0.15, 0.2) is 0 Å². The summed E-state index contributed by atoms with van der Waals surface area (Å²) in [7, 11) is 12.1. The van der Waals surface area contributed by atoms with E-state index >= 15 is 0 Å². The highest BCUT2D eigenvalue weighted by atomic mass is 16.3. The second-order valence-electron chi connectivity index (χ2n) is 11.1. The number of likely N-dealkylation sites (N-methyl/N-ethyl adjacent to an activating group) is 2. The van der Waals surface area contributed by atoms with Gasteiger partial charge in [0, 0.05) is 17.3 Å². The fraction of sp³-hybridized carbons (Fsp3) is 0.913. The van der Waals surface area contributed by atoms with Gasteiger partial charge in [-0.3, -0.25) is 9.59 Å². The van der Waals surface area contributed by atoms with E-state index in [0.717, 1.165) is 4.48 Å². The van der Waals surface area contributed by atoms with E-state index in [1.807, 2.05) is 83.8 Å². The first-order chi connectivity index (χ1) is 10.6. The predicted octanol–water partition coefficient (Wildman–Crippen LogP) is 4.27. The summed E-state index contributed by atoms with van der Waals surface area (Å²) in [5.74, 6) is 0.448. The Kier molecular flexibility index (Phi) is 18.2. The SMILES string of the molecule is C.C.C.CC(C)(C)C(=O)CC(O)C[N+](C)(C)C.CC(C)(C)C(=O)C[N+](C)(C)C. The third kappa shape index (κ3) is 23.3. The Labute approximate surface area is 178 Å². The molecule has 28 heavy (non-hydrogen) atoms. The number of hydrogen-bond acceptors (Lipinski definition) is 3. The van der Waals surface area contributed by atoms with E-state index in [2.05, 4.69) is 0 Å². The number of aliphatic hydroxyl groups is 1. The molecule has 174 valence electrons. The Morgan fingerprint density at radius 3 is 1.21 bits per heavy atom. The molecule has 0 aliphatic rings. The zero-order valence-electron chi connectivity index (χ0n) is 18.9. The number of nitrogens with zero attached hydrogens (tertiary/aromatic N) is 2. The first kappa shape index (κ1) is 37.9. The van der Waals surface area contributed by atoms with Gasteiger partial charge in [0.15, 0.2) is 5.78 Å². The van der Waals surface area contributed by atoms with Crippen LogP contribution in [-0.4, -0.2) is 87.1 Å². The maximum absolute atomic E-state index is 11.6. The number of rotatable bonds is 6. The van der Waals surface area contributed by atoms with Crippen molar-refractivity contribution in [2.75, 3.05) is 55.4 Å². The molecule has 5 nitrogen and oxygen atoms in total. The van der Waals surface area contributed by atoms with Gasteiger partial charge in [-0.15, -0.1) is 0 Å². The van der Waals surface area contributed by atoms with Crippen LogP contribution in [0.25, 0.3) is 0 Å². The van der Waals surface area contributed by atoms with Crippen molar-refractivity contribution in [2.24, 2.45) is 10.8 Å². The molecule has 1 N–H and O–H groups in total. The van der Waals surface area contributed by atoms with Crippen molar-refractivity contribution in [3.05, 3.63) is 0 Å². The van der Waals surface area contributed by atoms with Crippen LogP contribution in [0.5, 0.6) is 0 Å². The summed E-state index contributed by atoms with van der Waals surface area (Å²) in [6.45, 7) is 12.8. The van der Waals surface area contributed by atoms with Crippen LogP contribution in [-0.2, 0) is 9.59 Å². The molecule has 0 saturated carbocycles. The highest BCUT2D eigenvalue weighted by Crippen LogP contribution is 2.18. The normalized spacial score (nSPS) is 12.9. The van der Waals surface area contributed by atoms with E-state index in [1.165, 1.54) is 0 Å². The quantitative estimate of drug-likeness (QED) is 0.668. The number of aliphatic hydroxyl groups excluding tert-OH is 1. The Balaban J connectivity index is -0.000000116. The molecule has 0 aromatic carbocycles. The topological polar surface area (TPSA) is 54.4 Å². The van der Waals surface area contributed by atoms with Gasteiger partial charge < -0.3 is 14.1 Å². The molecule has 0 amide bonds. The van der Waals surface area contributed by atoms with Crippen LogP contribution in [0, 0.1) is 10.8 Å². The van der Waals surface area contributed by atoms with Crippen LogP contribution >= 0.6 is 0 Å². The molecule has 0 spiro atoms. The van der Waals surface area contributed by atoms with Gasteiger partial charge in [0.25, 0.3) is 0 Å². The van der Waals surface area contributed by atoms with Gasteiger partial charge in [-0.2, -0.15) is 0 Å². The Bertz CT molecular complexity index is 431.